The largest absolute Gasteiger partial charge is 0.0654 e. The van der Waals surface area contributed by atoms with E-state index in [9.17, 15) is 0 Å². The Balaban J connectivity index is 3.58. The fourth-order valence-corrected chi connectivity index (χ4v) is 2.14. The van der Waals surface area contributed by atoms with Crippen LogP contribution in [0.4, 0.5) is 0 Å². The van der Waals surface area contributed by atoms with Crippen molar-refractivity contribution in [1.82, 2.24) is 0 Å². The molecular formula is C14H30. The van der Waals surface area contributed by atoms with Crippen LogP contribution in [0.1, 0.15) is 79.6 Å². The first-order valence-corrected chi connectivity index (χ1v) is 6.52. The van der Waals surface area contributed by atoms with Gasteiger partial charge in [-0.1, -0.05) is 66.7 Å². The minimum absolute atomic E-state index is 0.579. The Morgan fingerprint density at radius 2 is 1.57 bits per heavy atom. The van der Waals surface area contributed by atoms with Crippen LogP contribution >= 0.6 is 0 Å². The zero-order valence-corrected chi connectivity index (χ0v) is 11.0. The van der Waals surface area contributed by atoms with Gasteiger partial charge in [0, 0.05) is 0 Å². The molecule has 0 spiro atoms. The Bertz CT molecular complexity index is 124. The zero-order valence-electron chi connectivity index (χ0n) is 11.0. The normalized spacial score (nSPS) is 14.4. The summed E-state index contributed by atoms with van der Waals surface area (Å²) in [6, 6.07) is 0. The van der Waals surface area contributed by atoms with Crippen LogP contribution < -0.4 is 0 Å². The number of rotatable bonds is 8. The summed E-state index contributed by atoms with van der Waals surface area (Å²) in [6.07, 6.45) is 9.74. The minimum Gasteiger partial charge on any atom is -0.0654 e. The summed E-state index contributed by atoms with van der Waals surface area (Å²) >= 11 is 0. The molecule has 0 saturated heterocycles. The van der Waals surface area contributed by atoms with E-state index in [0.717, 1.165) is 5.92 Å². The van der Waals surface area contributed by atoms with Crippen molar-refractivity contribution >= 4 is 0 Å². The molecule has 0 aliphatic carbocycles. The van der Waals surface area contributed by atoms with Crippen LogP contribution in [0.3, 0.4) is 0 Å². The summed E-state index contributed by atoms with van der Waals surface area (Å²) in [5, 5.41) is 0. The summed E-state index contributed by atoms with van der Waals surface area (Å²) in [6.45, 7) is 11.8. The van der Waals surface area contributed by atoms with Crippen molar-refractivity contribution in [1.29, 1.82) is 0 Å². The lowest BCUT2D eigenvalue weighted by Gasteiger charge is -2.25. The number of hydrogen-bond acceptors (Lipinski definition) is 0. The lowest BCUT2D eigenvalue weighted by Crippen LogP contribution is -2.12. The van der Waals surface area contributed by atoms with Crippen LogP contribution in [0, 0.1) is 11.3 Å². The molecule has 0 N–H and O–H groups in total. The Morgan fingerprint density at radius 1 is 0.929 bits per heavy atom. The van der Waals surface area contributed by atoms with Gasteiger partial charge in [0.1, 0.15) is 0 Å². The molecule has 0 aromatic heterocycles. The van der Waals surface area contributed by atoms with Gasteiger partial charge in [-0.3, -0.25) is 0 Å². The third kappa shape index (κ3) is 7.41. The molecule has 0 amide bonds. The van der Waals surface area contributed by atoms with E-state index in [-0.39, 0.29) is 0 Å². The Labute approximate surface area is 91.5 Å². The highest BCUT2D eigenvalue weighted by molar-refractivity contribution is 4.69. The molecule has 0 heteroatoms. The molecule has 0 fully saturated rings. The van der Waals surface area contributed by atoms with Gasteiger partial charge in [-0.05, 0) is 24.2 Å². The fraction of sp³-hybridized carbons (Fsp3) is 1.00. The quantitative estimate of drug-likeness (QED) is 0.488. The minimum atomic E-state index is 0.579. The van der Waals surface area contributed by atoms with E-state index in [1.807, 2.05) is 0 Å². The molecule has 0 aromatic carbocycles. The maximum absolute atomic E-state index is 2.42. The average Bonchev–Trinajstić information content (AvgIpc) is 2.11. The van der Waals surface area contributed by atoms with E-state index >= 15 is 0 Å². The van der Waals surface area contributed by atoms with Crippen molar-refractivity contribution in [2.45, 2.75) is 79.6 Å². The van der Waals surface area contributed by atoms with Gasteiger partial charge in [-0.2, -0.15) is 0 Å². The second-order valence-corrected chi connectivity index (χ2v) is 5.70. The van der Waals surface area contributed by atoms with Gasteiger partial charge in [0.25, 0.3) is 0 Å². The first kappa shape index (κ1) is 14.0. The molecule has 14 heavy (non-hydrogen) atoms. The van der Waals surface area contributed by atoms with Gasteiger partial charge in [0.15, 0.2) is 0 Å². The first-order valence-electron chi connectivity index (χ1n) is 6.52. The van der Waals surface area contributed by atoms with Crippen molar-refractivity contribution in [2.75, 3.05) is 0 Å². The SMILES string of the molecule is CCCCC(C)CCC(C)(C)CCC. The summed E-state index contributed by atoms with van der Waals surface area (Å²) in [5.74, 6) is 0.936. The molecule has 0 heterocycles. The van der Waals surface area contributed by atoms with E-state index in [4.69, 9.17) is 0 Å². The number of unbranched alkanes of at least 4 members (excludes halogenated alkanes) is 1. The van der Waals surface area contributed by atoms with Gasteiger partial charge in [0.05, 0.1) is 0 Å². The molecule has 1 unspecified atom stereocenters. The molecule has 0 nitrogen and oxygen atoms in total. The van der Waals surface area contributed by atoms with Gasteiger partial charge < -0.3 is 0 Å². The van der Waals surface area contributed by atoms with E-state index in [2.05, 4.69) is 34.6 Å². The maximum atomic E-state index is 2.42. The van der Waals surface area contributed by atoms with Crippen molar-refractivity contribution in [3.63, 3.8) is 0 Å². The topological polar surface area (TPSA) is 0 Å². The summed E-state index contributed by atoms with van der Waals surface area (Å²) in [7, 11) is 0. The molecule has 0 radical (unpaired) electrons. The maximum Gasteiger partial charge on any atom is -0.0354 e. The highest BCUT2D eigenvalue weighted by Crippen LogP contribution is 2.30. The van der Waals surface area contributed by atoms with Gasteiger partial charge in [-0.15, -0.1) is 0 Å². The average molecular weight is 198 g/mol. The van der Waals surface area contributed by atoms with E-state index < -0.39 is 0 Å². The smallest absolute Gasteiger partial charge is 0.0354 e. The summed E-state index contributed by atoms with van der Waals surface area (Å²) < 4.78 is 0. The molecule has 0 bridgehead atoms. The highest BCUT2D eigenvalue weighted by Gasteiger charge is 2.17. The monoisotopic (exact) mass is 198 g/mol. The van der Waals surface area contributed by atoms with Crippen molar-refractivity contribution in [3.05, 3.63) is 0 Å². The van der Waals surface area contributed by atoms with E-state index in [1.165, 1.54) is 44.9 Å². The molecule has 0 aliphatic heterocycles. The fourth-order valence-electron chi connectivity index (χ4n) is 2.14. The van der Waals surface area contributed by atoms with Gasteiger partial charge >= 0.3 is 0 Å². The molecule has 0 aliphatic rings. The zero-order chi connectivity index (χ0) is 11.0. The third-order valence-corrected chi connectivity index (χ3v) is 3.29. The van der Waals surface area contributed by atoms with Crippen molar-refractivity contribution < 1.29 is 0 Å². The molecule has 0 rings (SSSR count). The standard InChI is InChI=1S/C14H30/c1-6-8-9-13(3)10-12-14(4,5)11-7-2/h13H,6-12H2,1-5H3. The molecule has 86 valence electrons. The highest BCUT2D eigenvalue weighted by atomic mass is 14.2. The van der Waals surface area contributed by atoms with Gasteiger partial charge in [-0.25, -0.2) is 0 Å². The summed E-state index contributed by atoms with van der Waals surface area (Å²) in [5.41, 5.74) is 0.579. The lowest BCUT2D eigenvalue weighted by atomic mass is 9.81. The van der Waals surface area contributed by atoms with Crippen LogP contribution in [0.25, 0.3) is 0 Å². The second kappa shape index (κ2) is 7.31. The first-order chi connectivity index (χ1) is 6.52. The molecule has 0 aromatic rings. The van der Waals surface area contributed by atoms with Crippen LogP contribution in [0.15, 0.2) is 0 Å². The van der Waals surface area contributed by atoms with Gasteiger partial charge in [0.2, 0.25) is 0 Å². The van der Waals surface area contributed by atoms with Crippen LogP contribution in [-0.4, -0.2) is 0 Å². The van der Waals surface area contributed by atoms with Crippen LogP contribution in [0.2, 0.25) is 0 Å². The molecule has 1 atom stereocenters. The Morgan fingerprint density at radius 3 is 2.07 bits per heavy atom. The molecular weight excluding hydrogens is 168 g/mol. The lowest BCUT2D eigenvalue weighted by molar-refractivity contribution is 0.269. The predicted octanol–water partition coefficient (Wildman–Crippen LogP) is 5.42. The number of hydrogen-bond donors (Lipinski definition) is 0. The predicted molar refractivity (Wildman–Crippen MR) is 66.6 cm³/mol. The molecule has 0 saturated carbocycles. The third-order valence-electron chi connectivity index (χ3n) is 3.29. The van der Waals surface area contributed by atoms with Crippen LogP contribution in [-0.2, 0) is 0 Å². The van der Waals surface area contributed by atoms with Crippen molar-refractivity contribution in [2.24, 2.45) is 11.3 Å². The Kier molecular flexibility index (Phi) is 7.31. The summed E-state index contributed by atoms with van der Waals surface area (Å²) in [4.78, 5) is 0. The van der Waals surface area contributed by atoms with Crippen molar-refractivity contribution in [3.8, 4) is 0 Å². The van der Waals surface area contributed by atoms with E-state index in [0.29, 0.717) is 5.41 Å². The van der Waals surface area contributed by atoms with Crippen LogP contribution in [0.5, 0.6) is 0 Å². The Hall–Kier alpha value is 0. The second-order valence-electron chi connectivity index (χ2n) is 5.70. The van der Waals surface area contributed by atoms with E-state index in [1.54, 1.807) is 0 Å².